The van der Waals surface area contributed by atoms with Gasteiger partial charge in [-0.25, -0.2) is 4.99 Å². The molecule has 2 aliphatic heterocycles. The van der Waals surface area contributed by atoms with Gasteiger partial charge in [0.25, 0.3) is 5.91 Å². The lowest BCUT2D eigenvalue weighted by atomic mass is 10.0. The second-order valence-corrected chi connectivity index (χ2v) is 9.13. The zero-order chi connectivity index (χ0) is 23.7. The predicted octanol–water partition coefficient (Wildman–Crippen LogP) is 5.15. The minimum absolute atomic E-state index is 0.161. The zero-order valence-electron chi connectivity index (χ0n) is 19.3. The van der Waals surface area contributed by atoms with Crippen molar-refractivity contribution >= 4 is 34.4 Å². The van der Waals surface area contributed by atoms with Crippen molar-refractivity contribution in [1.29, 1.82) is 0 Å². The molecule has 1 atom stereocenters. The Morgan fingerprint density at radius 3 is 2.38 bits per heavy atom. The summed E-state index contributed by atoms with van der Waals surface area (Å²) in [5.74, 6) is 2.36. The van der Waals surface area contributed by atoms with E-state index in [0.29, 0.717) is 29.4 Å². The number of aryl methyl sites for hydroxylation is 1. The topological polar surface area (TPSA) is 63.5 Å². The van der Waals surface area contributed by atoms with Crippen LogP contribution in [0, 0.1) is 6.92 Å². The van der Waals surface area contributed by atoms with E-state index in [1.54, 1.807) is 26.0 Å². The molecule has 0 radical (unpaired) electrons. The van der Waals surface area contributed by atoms with Crippen LogP contribution in [0.25, 0.3) is 0 Å². The molecule has 3 aromatic carbocycles. The molecule has 5 rings (SSSR count). The monoisotopic (exact) mass is 471 g/mol. The van der Waals surface area contributed by atoms with Crippen LogP contribution >= 0.6 is 11.8 Å². The second kappa shape index (κ2) is 9.35. The molecular weight excluding hydrogens is 446 g/mol. The van der Waals surface area contributed by atoms with Crippen LogP contribution in [0.15, 0.2) is 76.7 Å². The van der Waals surface area contributed by atoms with Gasteiger partial charge >= 0.3 is 0 Å². The largest absolute Gasteiger partial charge is 0.493 e. The molecule has 2 heterocycles. The Morgan fingerprint density at radius 2 is 1.65 bits per heavy atom. The average Bonchev–Trinajstić information content (AvgIpc) is 3.19. The van der Waals surface area contributed by atoms with E-state index in [1.807, 2.05) is 59.5 Å². The molecule has 0 N–H and O–H groups in total. The van der Waals surface area contributed by atoms with E-state index in [0.717, 1.165) is 22.0 Å². The fourth-order valence-corrected chi connectivity index (χ4v) is 5.36. The van der Waals surface area contributed by atoms with Gasteiger partial charge in [0.05, 0.1) is 19.9 Å². The van der Waals surface area contributed by atoms with Crippen LogP contribution in [0.2, 0.25) is 0 Å². The number of amides is 1. The van der Waals surface area contributed by atoms with Gasteiger partial charge in [-0.15, -0.1) is 0 Å². The quantitative estimate of drug-likeness (QED) is 0.498. The first-order valence-corrected chi connectivity index (χ1v) is 12.1. The molecule has 34 heavy (non-hydrogen) atoms. The van der Waals surface area contributed by atoms with Crippen LogP contribution in [0.1, 0.15) is 22.3 Å². The molecule has 7 heteroatoms. The molecule has 0 aliphatic carbocycles. The molecule has 172 valence electrons. The minimum atomic E-state index is -0.443. The smallest absolute Gasteiger partial charge is 0.271 e. The summed E-state index contributed by atoms with van der Waals surface area (Å²) >= 11 is 1.62. The highest BCUT2D eigenvalue weighted by atomic mass is 32.2. The fourth-order valence-electron chi connectivity index (χ4n) is 4.23. The van der Waals surface area contributed by atoms with E-state index >= 15 is 0 Å². The lowest BCUT2D eigenvalue weighted by molar-refractivity contribution is -0.119. The van der Waals surface area contributed by atoms with Gasteiger partial charge in [-0.3, -0.25) is 9.69 Å². The molecule has 3 aromatic rings. The third kappa shape index (κ3) is 4.07. The number of ether oxygens (including phenoxy) is 2. The molecular formula is C27H25N3O3S. The lowest BCUT2D eigenvalue weighted by Crippen LogP contribution is -2.44. The van der Waals surface area contributed by atoms with E-state index in [1.165, 1.54) is 11.1 Å². The third-order valence-electron chi connectivity index (χ3n) is 6.10. The Hall–Kier alpha value is -3.58. The van der Waals surface area contributed by atoms with Gasteiger partial charge < -0.3 is 9.47 Å². The van der Waals surface area contributed by atoms with E-state index in [-0.39, 0.29) is 5.91 Å². The van der Waals surface area contributed by atoms with Crippen LogP contribution in [-0.2, 0) is 17.0 Å². The SMILES string of the molecule is COc1cc2c(cc1OC)C1=NC(=O)[C@@H](Cc3ccccc3)N1C(SCc1ccccc1C)=N2. The van der Waals surface area contributed by atoms with E-state index in [4.69, 9.17) is 14.5 Å². The van der Waals surface area contributed by atoms with Crippen molar-refractivity contribution in [2.45, 2.75) is 25.1 Å². The fraction of sp³-hybridized carbons (Fsp3) is 0.222. The number of aliphatic imine (C=N–C) groups is 2. The van der Waals surface area contributed by atoms with Crippen molar-refractivity contribution < 1.29 is 14.3 Å². The summed E-state index contributed by atoms with van der Waals surface area (Å²) < 4.78 is 11.0. The van der Waals surface area contributed by atoms with Crippen molar-refractivity contribution in [3.63, 3.8) is 0 Å². The Kier molecular flexibility index (Phi) is 6.11. The molecule has 6 nitrogen and oxygen atoms in total. The third-order valence-corrected chi connectivity index (χ3v) is 7.10. The van der Waals surface area contributed by atoms with Crippen LogP contribution in [-0.4, -0.2) is 42.1 Å². The van der Waals surface area contributed by atoms with Gasteiger partial charge in [0.1, 0.15) is 11.9 Å². The number of nitrogens with zero attached hydrogens (tertiary/aromatic N) is 3. The van der Waals surface area contributed by atoms with Crippen LogP contribution < -0.4 is 9.47 Å². The number of benzene rings is 3. The van der Waals surface area contributed by atoms with Gasteiger partial charge in [-0.1, -0.05) is 66.4 Å². The van der Waals surface area contributed by atoms with Crippen LogP contribution in [0.4, 0.5) is 5.69 Å². The molecule has 0 spiro atoms. The van der Waals surface area contributed by atoms with Gasteiger partial charge in [-0.05, 0) is 29.7 Å². The number of hydrogen-bond acceptors (Lipinski definition) is 6. The number of hydrogen-bond donors (Lipinski definition) is 0. The molecule has 0 unspecified atom stereocenters. The number of thioether (sulfide) groups is 1. The number of methoxy groups -OCH3 is 2. The van der Waals surface area contributed by atoms with Crippen LogP contribution in [0.5, 0.6) is 11.5 Å². The summed E-state index contributed by atoms with van der Waals surface area (Å²) in [6.45, 7) is 2.11. The summed E-state index contributed by atoms with van der Waals surface area (Å²) in [6, 6.07) is 21.6. The number of carbonyl (C=O) groups is 1. The first-order valence-electron chi connectivity index (χ1n) is 11.1. The van der Waals surface area contributed by atoms with E-state index in [2.05, 4.69) is 24.0 Å². The highest BCUT2D eigenvalue weighted by molar-refractivity contribution is 8.13. The summed E-state index contributed by atoms with van der Waals surface area (Å²) in [6.07, 6.45) is 0.555. The summed E-state index contributed by atoms with van der Waals surface area (Å²) in [5, 5.41) is 0.758. The number of fused-ring (bicyclic) bond motifs is 3. The molecule has 0 fully saturated rings. The molecule has 2 aliphatic rings. The summed E-state index contributed by atoms with van der Waals surface area (Å²) in [5.41, 5.74) is 5.02. The minimum Gasteiger partial charge on any atom is -0.493 e. The van der Waals surface area contributed by atoms with Crippen molar-refractivity contribution in [3.05, 3.63) is 89.0 Å². The Bertz CT molecular complexity index is 1300. The summed E-state index contributed by atoms with van der Waals surface area (Å²) in [7, 11) is 3.20. The van der Waals surface area contributed by atoms with Crippen molar-refractivity contribution in [3.8, 4) is 11.5 Å². The van der Waals surface area contributed by atoms with Gasteiger partial charge in [-0.2, -0.15) is 4.99 Å². The molecule has 1 amide bonds. The van der Waals surface area contributed by atoms with Crippen molar-refractivity contribution in [2.24, 2.45) is 9.98 Å². The highest BCUT2D eigenvalue weighted by Crippen LogP contribution is 2.41. The van der Waals surface area contributed by atoms with Crippen molar-refractivity contribution in [2.75, 3.05) is 14.2 Å². The predicted molar refractivity (Wildman–Crippen MR) is 136 cm³/mol. The second-order valence-electron chi connectivity index (χ2n) is 8.18. The lowest BCUT2D eigenvalue weighted by Gasteiger charge is -2.31. The standard InChI is InChI=1S/C27H25N3O3S/c1-17-9-7-8-12-19(17)16-34-27-28-21-15-24(33-3)23(32-2)14-20(21)25-29-26(31)22(30(25)27)13-18-10-5-4-6-11-18/h4-12,14-15,22H,13,16H2,1-3H3/t22-/m1/s1. The maximum atomic E-state index is 13.2. The molecule has 0 aromatic heterocycles. The van der Waals surface area contributed by atoms with Crippen molar-refractivity contribution in [1.82, 2.24) is 4.90 Å². The van der Waals surface area contributed by atoms with Gasteiger partial charge in [0.2, 0.25) is 0 Å². The Labute approximate surface area is 203 Å². The highest BCUT2D eigenvalue weighted by Gasteiger charge is 2.42. The van der Waals surface area contributed by atoms with Crippen LogP contribution in [0.3, 0.4) is 0 Å². The maximum Gasteiger partial charge on any atom is 0.271 e. The molecule has 0 saturated heterocycles. The molecule has 0 bridgehead atoms. The number of amidine groups is 2. The summed E-state index contributed by atoms with van der Waals surface area (Å²) in [4.78, 5) is 24.6. The first-order chi connectivity index (χ1) is 16.6. The first kappa shape index (κ1) is 22.2. The maximum absolute atomic E-state index is 13.2. The van der Waals surface area contributed by atoms with E-state index < -0.39 is 6.04 Å². The number of carbonyl (C=O) groups excluding carboxylic acids is 1. The number of rotatable bonds is 6. The Balaban J connectivity index is 1.56. The van der Waals surface area contributed by atoms with Gasteiger partial charge in [0.15, 0.2) is 16.7 Å². The molecule has 0 saturated carbocycles. The normalized spacial score (nSPS) is 16.5. The zero-order valence-corrected chi connectivity index (χ0v) is 20.1. The van der Waals surface area contributed by atoms with E-state index in [9.17, 15) is 4.79 Å². The average molecular weight is 472 g/mol. The Morgan fingerprint density at radius 1 is 0.941 bits per heavy atom. The van der Waals surface area contributed by atoms with Gasteiger partial charge in [0, 0.05) is 23.8 Å².